The number of aryl methyl sites for hydroxylation is 2. The first-order chi connectivity index (χ1) is 18.4. The molecule has 1 heterocycles. The smallest absolute Gasteiger partial charge is 0.304 e. The molecule has 4 rings (SSSR count). The van der Waals surface area contributed by atoms with Crippen LogP contribution in [-0.4, -0.2) is 35.7 Å². The molecule has 0 aliphatic carbocycles. The maximum atomic E-state index is 11.5. The second-order valence-corrected chi connectivity index (χ2v) is 8.83. The molecule has 3 aromatic carbocycles. The fourth-order valence-corrected chi connectivity index (χ4v) is 4.28. The van der Waals surface area contributed by atoms with Gasteiger partial charge in [-0.25, -0.2) is 0 Å². The zero-order chi connectivity index (χ0) is 26.9. The maximum absolute atomic E-state index is 11.5. The highest BCUT2D eigenvalue weighted by Crippen LogP contribution is 2.33. The molecule has 1 aromatic heterocycles. The first-order valence-corrected chi connectivity index (χ1v) is 12.2. The molecule has 0 bridgehead atoms. The lowest BCUT2D eigenvalue weighted by molar-refractivity contribution is -0.744. The highest BCUT2D eigenvalue weighted by Gasteiger charge is 2.25. The Morgan fingerprint density at radius 3 is 2.21 bits per heavy atom. The number of hydrogen-bond donors (Lipinski definition) is 2. The lowest BCUT2D eigenvalue weighted by Gasteiger charge is -2.16. The van der Waals surface area contributed by atoms with Crippen molar-refractivity contribution >= 4 is 11.7 Å². The number of nitrogens with one attached hydrogen (secondary N) is 1. The van der Waals surface area contributed by atoms with Crippen molar-refractivity contribution in [3.8, 4) is 11.5 Å². The summed E-state index contributed by atoms with van der Waals surface area (Å²) in [6.07, 6.45) is -0.0519. The normalized spacial score (nSPS) is 12.1. The minimum Gasteiger partial charge on any atom is -0.489 e. The zero-order valence-corrected chi connectivity index (χ0v) is 21.6. The van der Waals surface area contributed by atoms with E-state index in [1.54, 1.807) is 14.0 Å². The SMILES string of the molecule is CO/[NH+]=C(\COc1ccc(COc2ccc(C(CC(=O)O)c3c(C)noc3C)cc2)cc1)c1ccccc1. The Bertz CT molecular complexity index is 1340. The Hall–Kier alpha value is -4.59. The van der Waals surface area contributed by atoms with E-state index in [0.717, 1.165) is 33.7 Å². The van der Waals surface area contributed by atoms with Crippen molar-refractivity contribution in [3.05, 3.63) is 113 Å². The highest BCUT2D eigenvalue weighted by molar-refractivity contribution is 5.97. The monoisotopic (exact) mass is 515 g/mol. The Balaban J connectivity index is 1.35. The molecule has 0 amide bonds. The van der Waals surface area contributed by atoms with Gasteiger partial charge in [0.05, 0.1) is 12.1 Å². The van der Waals surface area contributed by atoms with Gasteiger partial charge in [-0.15, -0.1) is 0 Å². The van der Waals surface area contributed by atoms with Gasteiger partial charge in [0, 0.05) is 17.0 Å². The third-order valence-electron chi connectivity index (χ3n) is 6.16. The summed E-state index contributed by atoms with van der Waals surface area (Å²) in [5.41, 5.74) is 5.18. The standard InChI is InChI=1S/C30H30N2O6/c1-20-30(21(2)38-31-20)27(17-29(33)34)23-11-15-26(16-12-23)36-18-22-9-13-25(14-10-22)37-19-28(32-35-3)24-7-5-4-6-8-24/h4-16,27H,17-19H2,1-3H3,(H,33,34)/p+1/b32-28+. The minimum atomic E-state index is -0.883. The van der Waals surface area contributed by atoms with Gasteiger partial charge in [-0.05, 0) is 66.5 Å². The molecule has 1 unspecified atom stereocenters. The molecule has 0 saturated heterocycles. The van der Waals surface area contributed by atoms with Crippen molar-refractivity contribution < 1.29 is 33.9 Å². The van der Waals surface area contributed by atoms with Crippen molar-refractivity contribution in [1.29, 1.82) is 0 Å². The average Bonchev–Trinajstić information content (AvgIpc) is 3.27. The highest BCUT2D eigenvalue weighted by atomic mass is 16.6. The van der Waals surface area contributed by atoms with Gasteiger partial charge < -0.3 is 19.1 Å². The summed E-state index contributed by atoms with van der Waals surface area (Å²) in [6.45, 7) is 4.34. The van der Waals surface area contributed by atoms with Gasteiger partial charge in [0.1, 0.15) is 31.0 Å². The molecule has 0 spiro atoms. The molecule has 0 radical (unpaired) electrons. The number of carboxylic acid groups (broad SMARTS) is 1. The van der Waals surface area contributed by atoms with Crippen molar-refractivity contribution in [3.63, 3.8) is 0 Å². The molecule has 0 fully saturated rings. The Morgan fingerprint density at radius 1 is 0.947 bits per heavy atom. The molecule has 0 aliphatic rings. The summed E-state index contributed by atoms with van der Waals surface area (Å²) < 4.78 is 17.2. The summed E-state index contributed by atoms with van der Waals surface area (Å²) in [5, 5.41) is 16.3. The van der Waals surface area contributed by atoms with Crippen LogP contribution in [0.5, 0.6) is 11.5 Å². The zero-order valence-electron chi connectivity index (χ0n) is 21.6. The number of ether oxygens (including phenoxy) is 2. The summed E-state index contributed by atoms with van der Waals surface area (Å²) in [6, 6.07) is 25.0. The molecule has 0 saturated carbocycles. The third kappa shape index (κ3) is 6.79. The second kappa shape index (κ2) is 12.6. The summed E-state index contributed by atoms with van der Waals surface area (Å²) in [4.78, 5) is 16.6. The van der Waals surface area contributed by atoms with E-state index >= 15 is 0 Å². The lowest BCUT2D eigenvalue weighted by atomic mass is 9.87. The molecule has 8 heteroatoms. The van der Waals surface area contributed by atoms with E-state index in [1.807, 2.05) is 85.8 Å². The number of rotatable bonds is 12. The molecule has 2 N–H and O–H groups in total. The predicted octanol–water partition coefficient (Wildman–Crippen LogP) is 3.99. The van der Waals surface area contributed by atoms with Gasteiger partial charge in [-0.3, -0.25) is 9.63 Å². The van der Waals surface area contributed by atoms with Gasteiger partial charge in [0.15, 0.2) is 6.61 Å². The Labute approximate surface area is 221 Å². The largest absolute Gasteiger partial charge is 0.489 e. The Kier molecular flexibility index (Phi) is 8.77. The van der Waals surface area contributed by atoms with Crippen LogP contribution in [0, 0.1) is 13.8 Å². The predicted molar refractivity (Wildman–Crippen MR) is 141 cm³/mol. The molecule has 4 aromatic rings. The van der Waals surface area contributed by atoms with E-state index in [-0.39, 0.29) is 12.3 Å². The number of carboxylic acids is 1. The van der Waals surface area contributed by atoms with Gasteiger partial charge >= 0.3 is 5.97 Å². The van der Waals surface area contributed by atoms with Crippen LogP contribution < -0.4 is 14.6 Å². The van der Waals surface area contributed by atoms with E-state index in [1.165, 1.54) is 0 Å². The first kappa shape index (κ1) is 26.5. The molecule has 0 aliphatic heterocycles. The minimum absolute atomic E-state index is 0.0519. The van der Waals surface area contributed by atoms with E-state index in [9.17, 15) is 9.90 Å². The lowest BCUT2D eigenvalue weighted by Crippen LogP contribution is -2.72. The molecule has 38 heavy (non-hydrogen) atoms. The Morgan fingerprint density at radius 2 is 1.61 bits per heavy atom. The molecule has 8 nitrogen and oxygen atoms in total. The van der Waals surface area contributed by atoms with Crippen molar-refractivity contribution in [2.24, 2.45) is 0 Å². The van der Waals surface area contributed by atoms with Crippen LogP contribution in [0.3, 0.4) is 0 Å². The fourth-order valence-electron chi connectivity index (χ4n) is 4.28. The summed E-state index contributed by atoms with van der Waals surface area (Å²) in [5.74, 6) is 0.819. The number of aliphatic carboxylic acids is 1. The van der Waals surface area contributed by atoms with Crippen LogP contribution in [0.15, 0.2) is 83.4 Å². The van der Waals surface area contributed by atoms with Gasteiger partial charge in [-0.2, -0.15) is 0 Å². The average molecular weight is 516 g/mol. The number of hydrogen-bond acceptors (Lipinski definition) is 6. The van der Waals surface area contributed by atoms with Crippen LogP contribution in [0.25, 0.3) is 0 Å². The maximum Gasteiger partial charge on any atom is 0.304 e. The number of carbonyl (C=O) groups is 1. The van der Waals surface area contributed by atoms with Crippen LogP contribution in [0.1, 0.15) is 46.0 Å². The van der Waals surface area contributed by atoms with E-state index in [4.69, 9.17) is 18.8 Å². The van der Waals surface area contributed by atoms with Crippen LogP contribution >= 0.6 is 0 Å². The van der Waals surface area contributed by atoms with Gasteiger partial charge in [-0.1, -0.05) is 47.6 Å². The number of aromatic nitrogens is 1. The fraction of sp³-hybridized carbons (Fsp3) is 0.233. The number of benzene rings is 3. The first-order valence-electron chi connectivity index (χ1n) is 12.2. The van der Waals surface area contributed by atoms with Crippen LogP contribution in [-0.2, 0) is 16.2 Å². The number of nitrogens with zero attached hydrogens (tertiary/aromatic N) is 1. The van der Waals surface area contributed by atoms with Gasteiger partial charge in [0.2, 0.25) is 0 Å². The van der Waals surface area contributed by atoms with Crippen LogP contribution in [0.4, 0.5) is 0 Å². The molecule has 196 valence electrons. The second-order valence-electron chi connectivity index (χ2n) is 8.83. The van der Waals surface area contributed by atoms with Gasteiger partial charge in [0.25, 0.3) is 5.71 Å². The van der Waals surface area contributed by atoms with Crippen LogP contribution in [0.2, 0.25) is 0 Å². The molecular weight excluding hydrogens is 484 g/mol. The van der Waals surface area contributed by atoms with E-state index < -0.39 is 5.97 Å². The van der Waals surface area contributed by atoms with Crippen molar-refractivity contribution in [1.82, 2.24) is 5.16 Å². The van der Waals surface area contributed by atoms with Crippen molar-refractivity contribution in [2.75, 3.05) is 13.7 Å². The quantitative estimate of drug-likeness (QED) is 0.217. The molecule has 1 atom stereocenters. The van der Waals surface area contributed by atoms with E-state index in [2.05, 4.69) is 10.3 Å². The summed E-state index contributed by atoms with van der Waals surface area (Å²) >= 11 is 0. The third-order valence-corrected chi connectivity index (χ3v) is 6.16. The topological polar surface area (TPSA) is 105 Å². The van der Waals surface area contributed by atoms with Crippen molar-refractivity contribution in [2.45, 2.75) is 32.8 Å². The molecular formula is C30H31N2O6+. The summed E-state index contributed by atoms with van der Waals surface area (Å²) in [7, 11) is 1.57. The van der Waals surface area contributed by atoms with E-state index in [0.29, 0.717) is 30.4 Å².